The number of rotatable bonds is 3. The Morgan fingerprint density at radius 1 is 0.933 bits per heavy atom. The highest BCUT2D eigenvalue weighted by molar-refractivity contribution is 5.85. The maximum Gasteiger partial charge on any atom is 0.225 e. The summed E-state index contributed by atoms with van der Waals surface area (Å²) in [6.45, 7) is 11.7. The van der Waals surface area contributed by atoms with E-state index in [1.54, 1.807) is 0 Å². The third kappa shape index (κ3) is 5.55. The quantitative estimate of drug-likeness (QED) is 0.781. The van der Waals surface area contributed by atoms with Crippen molar-refractivity contribution in [2.75, 3.05) is 6.54 Å². The van der Waals surface area contributed by atoms with Gasteiger partial charge in [-0.2, -0.15) is 0 Å². The largest absolute Gasteiger partial charge is 0.355 e. The minimum Gasteiger partial charge on any atom is -0.355 e. The van der Waals surface area contributed by atoms with Crippen molar-refractivity contribution >= 4 is 11.7 Å². The highest BCUT2D eigenvalue weighted by Gasteiger charge is 2.23. The molecule has 0 saturated heterocycles. The predicted octanol–water partition coefficient (Wildman–Crippen LogP) is 2.15. The fourth-order valence-electron chi connectivity index (χ4n) is 0.930. The second kappa shape index (κ2) is 4.77. The van der Waals surface area contributed by atoms with E-state index in [0.717, 1.165) is 0 Å². The number of amides is 1. The second-order valence-corrected chi connectivity index (χ2v) is 5.93. The van der Waals surface area contributed by atoms with Gasteiger partial charge in [-0.15, -0.1) is 0 Å². The molecule has 0 spiro atoms. The first-order chi connectivity index (χ1) is 6.55. The van der Waals surface area contributed by atoms with Crippen LogP contribution >= 0.6 is 0 Å². The van der Waals surface area contributed by atoms with Crippen LogP contribution in [0.25, 0.3) is 0 Å². The zero-order valence-electron chi connectivity index (χ0n) is 10.7. The van der Waals surface area contributed by atoms with Crippen molar-refractivity contribution in [1.29, 1.82) is 0 Å². The minimum absolute atomic E-state index is 0.00999. The fourth-order valence-corrected chi connectivity index (χ4v) is 0.930. The molecule has 1 amide bonds. The number of nitrogens with one attached hydrogen (secondary N) is 1. The van der Waals surface area contributed by atoms with E-state index in [1.807, 2.05) is 41.5 Å². The van der Waals surface area contributed by atoms with Crippen molar-refractivity contribution in [3.63, 3.8) is 0 Å². The molecule has 0 aromatic heterocycles. The predicted molar refractivity (Wildman–Crippen MR) is 61.5 cm³/mol. The van der Waals surface area contributed by atoms with Gasteiger partial charge in [-0.1, -0.05) is 41.5 Å². The van der Waals surface area contributed by atoms with Crippen LogP contribution in [-0.4, -0.2) is 18.2 Å². The lowest BCUT2D eigenvalue weighted by molar-refractivity contribution is -0.129. The molecule has 3 nitrogen and oxygen atoms in total. The van der Waals surface area contributed by atoms with Crippen molar-refractivity contribution in [2.24, 2.45) is 10.8 Å². The summed E-state index contributed by atoms with van der Waals surface area (Å²) in [7, 11) is 0. The Kier molecular flexibility index (Phi) is 4.50. The van der Waals surface area contributed by atoms with Gasteiger partial charge >= 0.3 is 0 Å². The van der Waals surface area contributed by atoms with Gasteiger partial charge in [0.1, 0.15) is 5.78 Å². The number of carbonyl (C=O) groups excluding carboxylic acids is 2. The summed E-state index contributed by atoms with van der Waals surface area (Å²) in [4.78, 5) is 23.0. The lowest BCUT2D eigenvalue weighted by atomic mass is 9.89. The first kappa shape index (κ1) is 14.1. The maximum absolute atomic E-state index is 11.5. The molecule has 0 aliphatic heterocycles. The summed E-state index contributed by atoms with van der Waals surface area (Å²) < 4.78 is 0. The van der Waals surface area contributed by atoms with E-state index < -0.39 is 0 Å². The van der Waals surface area contributed by atoms with Crippen LogP contribution in [0.3, 0.4) is 0 Å². The van der Waals surface area contributed by atoms with Gasteiger partial charge in [0.15, 0.2) is 0 Å². The summed E-state index contributed by atoms with van der Waals surface area (Å²) in [6.07, 6.45) is 0.408. The van der Waals surface area contributed by atoms with Crippen LogP contribution in [0.5, 0.6) is 0 Å². The fraction of sp³-hybridized carbons (Fsp3) is 0.833. The molecule has 15 heavy (non-hydrogen) atoms. The van der Waals surface area contributed by atoms with Crippen molar-refractivity contribution < 1.29 is 9.59 Å². The molecule has 0 unspecified atom stereocenters. The number of hydrogen-bond acceptors (Lipinski definition) is 2. The minimum atomic E-state index is -0.384. The Morgan fingerprint density at radius 2 is 1.40 bits per heavy atom. The molecule has 0 rings (SSSR count). The smallest absolute Gasteiger partial charge is 0.225 e. The van der Waals surface area contributed by atoms with E-state index in [2.05, 4.69) is 5.32 Å². The molecule has 88 valence electrons. The van der Waals surface area contributed by atoms with E-state index in [4.69, 9.17) is 0 Å². The second-order valence-electron chi connectivity index (χ2n) is 5.93. The number of carbonyl (C=O) groups is 2. The van der Waals surface area contributed by atoms with Gasteiger partial charge in [0.05, 0.1) is 0 Å². The van der Waals surface area contributed by atoms with Gasteiger partial charge in [0.2, 0.25) is 5.91 Å². The first-order valence-electron chi connectivity index (χ1n) is 5.37. The molecule has 0 atom stereocenters. The van der Waals surface area contributed by atoms with Crippen LogP contribution in [0, 0.1) is 10.8 Å². The Morgan fingerprint density at radius 3 is 1.73 bits per heavy atom. The third-order valence-electron chi connectivity index (χ3n) is 2.16. The maximum atomic E-state index is 11.5. The summed E-state index contributed by atoms with van der Waals surface area (Å²) in [5, 5.41) is 2.77. The zero-order valence-corrected chi connectivity index (χ0v) is 10.7. The molecular formula is C12H23NO2. The molecule has 0 aromatic rings. The van der Waals surface area contributed by atoms with Gasteiger partial charge < -0.3 is 5.32 Å². The first-order valence-corrected chi connectivity index (χ1v) is 5.37. The Balaban J connectivity index is 3.92. The number of Topliss-reactive ketones (excluding diaryl/α,β-unsaturated/α-hetero) is 1. The molecular weight excluding hydrogens is 190 g/mol. The zero-order chi connectivity index (χ0) is 12.3. The molecule has 0 radical (unpaired) electrons. The summed E-state index contributed by atoms with van der Waals surface area (Å²) in [6, 6.07) is 0. The molecule has 0 bridgehead atoms. The van der Waals surface area contributed by atoms with Crippen LogP contribution in [0.2, 0.25) is 0 Å². The Hall–Kier alpha value is -0.860. The van der Waals surface area contributed by atoms with Crippen LogP contribution in [0.4, 0.5) is 0 Å². The van der Waals surface area contributed by atoms with Crippen LogP contribution in [0.15, 0.2) is 0 Å². The Bertz CT molecular complexity index is 217. The standard InChI is InChI=1S/C12H23NO2/c1-11(2,3)9(14)7-8-13-10(15)12(4,5)6/h7-8H2,1-6H3,(H,13,15). The lowest BCUT2D eigenvalue weighted by Gasteiger charge is -2.19. The summed E-state index contributed by atoms with van der Waals surface area (Å²) in [5.41, 5.74) is -0.697. The van der Waals surface area contributed by atoms with Crippen LogP contribution < -0.4 is 5.32 Å². The highest BCUT2D eigenvalue weighted by atomic mass is 16.2. The molecule has 0 aliphatic carbocycles. The summed E-state index contributed by atoms with van der Waals surface area (Å²) >= 11 is 0. The van der Waals surface area contributed by atoms with E-state index >= 15 is 0 Å². The van der Waals surface area contributed by atoms with Gasteiger partial charge in [-0.25, -0.2) is 0 Å². The lowest BCUT2D eigenvalue weighted by Crippen LogP contribution is -2.37. The SMILES string of the molecule is CC(C)(C)C(=O)CCNC(=O)C(C)(C)C. The van der Waals surface area contributed by atoms with E-state index in [1.165, 1.54) is 0 Å². The topological polar surface area (TPSA) is 46.2 Å². The Labute approximate surface area is 92.6 Å². The van der Waals surface area contributed by atoms with E-state index in [0.29, 0.717) is 13.0 Å². The molecule has 0 aliphatic rings. The van der Waals surface area contributed by atoms with Crippen molar-refractivity contribution in [1.82, 2.24) is 5.32 Å². The number of hydrogen-bond donors (Lipinski definition) is 1. The number of ketones is 1. The van der Waals surface area contributed by atoms with Crippen molar-refractivity contribution in [3.8, 4) is 0 Å². The van der Waals surface area contributed by atoms with Gasteiger partial charge in [0, 0.05) is 23.8 Å². The monoisotopic (exact) mass is 213 g/mol. The van der Waals surface area contributed by atoms with Crippen molar-refractivity contribution in [3.05, 3.63) is 0 Å². The highest BCUT2D eigenvalue weighted by Crippen LogP contribution is 2.16. The van der Waals surface area contributed by atoms with E-state index in [-0.39, 0.29) is 22.5 Å². The molecule has 1 N–H and O–H groups in total. The van der Waals surface area contributed by atoms with Crippen LogP contribution in [0.1, 0.15) is 48.0 Å². The normalized spacial score (nSPS) is 12.4. The van der Waals surface area contributed by atoms with Gasteiger partial charge in [-0.3, -0.25) is 9.59 Å². The van der Waals surface area contributed by atoms with Crippen molar-refractivity contribution in [2.45, 2.75) is 48.0 Å². The molecule has 0 saturated carbocycles. The average molecular weight is 213 g/mol. The molecule has 0 heterocycles. The average Bonchev–Trinajstić information content (AvgIpc) is 2.00. The third-order valence-corrected chi connectivity index (χ3v) is 2.16. The van der Waals surface area contributed by atoms with Crippen LogP contribution in [-0.2, 0) is 9.59 Å². The molecule has 0 fully saturated rings. The van der Waals surface area contributed by atoms with Gasteiger partial charge in [0.25, 0.3) is 0 Å². The summed E-state index contributed by atoms with van der Waals surface area (Å²) in [5.74, 6) is 0.168. The van der Waals surface area contributed by atoms with Gasteiger partial charge in [-0.05, 0) is 0 Å². The molecule has 0 aromatic carbocycles. The molecule has 3 heteroatoms. The van der Waals surface area contributed by atoms with E-state index in [9.17, 15) is 9.59 Å².